The second kappa shape index (κ2) is 12.0. The normalized spacial score (nSPS) is 12.2. The van der Waals surface area contributed by atoms with Gasteiger partial charge < -0.3 is 10.2 Å². The van der Waals surface area contributed by atoms with Crippen molar-refractivity contribution in [2.24, 2.45) is 0 Å². The van der Waals surface area contributed by atoms with Crippen molar-refractivity contribution in [3.63, 3.8) is 0 Å². The highest BCUT2D eigenvalue weighted by Crippen LogP contribution is 2.21. The molecule has 0 aliphatic carbocycles. The third-order valence-corrected chi connectivity index (χ3v) is 6.62. The summed E-state index contributed by atoms with van der Waals surface area (Å²) in [5, 5.41) is 3.31. The fourth-order valence-corrected chi connectivity index (χ4v) is 4.32. The van der Waals surface area contributed by atoms with Crippen LogP contribution in [0, 0.1) is 6.92 Å². The lowest BCUT2D eigenvalue weighted by atomic mass is 10.1. The van der Waals surface area contributed by atoms with E-state index in [1.165, 1.54) is 4.90 Å². The predicted octanol–water partition coefficient (Wildman–Crippen LogP) is 3.75. The molecule has 2 rings (SSSR count). The molecule has 0 radical (unpaired) electrons. The van der Waals surface area contributed by atoms with Crippen molar-refractivity contribution < 1.29 is 18.0 Å². The molecule has 0 heterocycles. The van der Waals surface area contributed by atoms with Crippen LogP contribution in [0.4, 0.5) is 5.69 Å². The topological polar surface area (TPSA) is 86.8 Å². The van der Waals surface area contributed by atoms with Gasteiger partial charge in [-0.05, 0) is 50.1 Å². The quantitative estimate of drug-likeness (QED) is 0.483. The molecule has 0 bridgehead atoms. The van der Waals surface area contributed by atoms with Crippen molar-refractivity contribution in [1.29, 1.82) is 0 Å². The van der Waals surface area contributed by atoms with Crippen LogP contribution in [0.25, 0.3) is 0 Å². The van der Waals surface area contributed by atoms with Gasteiger partial charge in [0.2, 0.25) is 21.8 Å². The Bertz CT molecular complexity index is 1060. The number of carbonyl (C=O) groups excluding carboxylic acids is 2. The number of hydrogen-bond donors (Lipinski definition) is 1. The molecule has 0 spiro atoms. The van der Waals surface area contributed by atoms with Gasteiger partial charge in [0.15, 0.2) is 0 Å². The highest BCUT2D eigenvalue weighted by molar-refractivity contribution is 7.92. The summed E-state index contributed by atoms with van der Waals surface area (Å²) >= 11 is 5.93. The fourth-order valence-electron chi connectivity index (χ4n) is 3.35. The number of sulfonamides is 1. The van der Waals surface area contributed by atoms with Gasteiger partial charge in [0, 0.05) is 18.1 Å². The summed E-state index contributed by atoms with van der Waals surface area (Å²) in [6.45, 7) is 5.90. The fraction of sp³-hybridized carbons (Fsp3) is 0.417. The average Bonchev–Trinajstić information content (AvgIpc) is 2.75. The maximum Gasteiger partial charge on any atom is 0.244 e. The summed E-state index contributed by atoms with van der Waals surface area (Å²) in [6.07, 6.45) is 2.81. The molecule has 1 atom stereocenters. The Morgan fingerprint density at radius 2 is 1.79 bits per heavy atom. The van der Waals surface area contributed by atoms with Crippen LogP contribution in [-0.4, -0.2) is 50.5 Å². The third-order valence-electron chi connectivity index (χ3n) is 5.23. The van der Waals surface area contributed by atoms with E-state index >= 15 is 0 Å². The van der Waals surface area contributed by atoms with Crippen molar-refractivity contribution in [2.75, 3.05) is 23.7 Å². The van der Waals surface area contributed by atoms with E-state index in [-0.39, 0.29) is 12.5 Å². The molecule has 0 aromatic heterocycles. The molecule has 0 saturated carbocycles. The first kappa shape index (κ1) is 26.7. The number of nitrogens with zero attached hydrogens (tertiary/aromatic N) is 2. The number of hydrogen-bond acceptors (Lipinski definition) is 4. The monoisotopic (exact) mass is 493 g/mol. The van der Waals surface area contributed by atoms with Crippen molar-refractivity contribution in [3.05, 3.63) is 64.7 Å². The summed E-state index contributed by atoms with van der Waals surface area (Å²) in [6, 6.07) is 13.1. The lowest BCUT2D eigenvalue weighted by molar-refractivity contribution is -0.139. The molecule has 2 aromatic carbocycles. The van der Waals surface area contributed by atoms with Crippen LogP contribution in [0.5, 0.6) is 0 Å². The molecule has 0 saturated heterocycles. The zero-order valence-corrected chi connectivity index (χ0v) is 21.1. The van der Waals surface area contributed by atoms with Crippen LogP contribution in [0.3, 0.4) is 0 Å². The first-order valence-electron chi connectivity index (χ1n) is 10.9. The van der Waals surface area contributed by atoms with Gasteiger partial charge in [-0.3, -0.25) is 13.9 Å². The number of anilines is 1. The number of nitrogens with one attached hydrogen (secondary N) is 1. The van der Waals surface area contributed by atoms with Gasteiger partial charge in [-0.1, -0.05) is 54.8 Å². The van der Waals surface area contributed by atoms with E-state index in [9.17, 15) is 18.0 Å². The van der Waals surface area contributed by atoms with Crippen LogP contribution in [0.1, 0.15) is 37.8 Å². The Morgan fingerprint density at radius 3 is 2.36 bits per heavy atom. The minimum atomic E-state index is -3.76. The zero-order valence-electron chi connectivity index (χ0n) is 19.5. The first-order valence-corrected chi connectivity index (χ1v) is 13.1. The number of halogens is 1. The predicted molar refractivity (Wildman–Crippen MR) is 133 cm³/mol. The molecular weight excluding hydrogens is 462 g/mol. The van der Waals surface area contributed by atoms with Crippen molar-refractivity contribution in [3.8, 4) is 0 Å². The summed E-state index contributed by atoms with van der Waals surface area (Å²) in [5.74, 6) is -0.753. The summed E-state index contributed by atoms with van der Waals surface area (Å²) in [7, 11) is -3.76. The number of amides is 2. The second-order valence-corrected chi connectivity index (χ2v) is 10.4. The Labute approximate surface area is 201 Å². The lowest BCUT2D eigenvalue weighted by Gasteiger charge is -2.31. The maximum atomic E-state index is 13.4. The standard InChI is InChI=1S/C24H32ClN3O4S/c1-5-6-14-26-24(30)19(3)27(16-20-9-7-8-18(2)15-20)23(29)17-28(33(4,31)32)22-12-10-21(25)11-13-22/h7-13,15,19H,5-6,14,16-17H2,1-4H3,(H,26,30)/t19-/m1/s1. The minimum absolute atomic E-state index is 0.182. The zero-order chi connectivity index (χ0) is 24.6. The van der Waals surface area contributed by atoms with Gasteiger partial charge in [-0.25, -0.2) is 8.42 Å². The molecule has 1 N–H and O–H groups in total. The Balaban J connectivity index is 2.33. The van der Waals surface area contributed by atoms with Crippen LogP contribution >= 0.6 is 11.6 Å². The molecule has 0 aliphatic heterocycles. The second-order valence-electron chi connectivity index (χ2n) is 8.08. The highest BCUT2D eigenvalue weighted by atomic mass is 35.5. The molecule has 0 unspecified atom stereocenters. The summed E-state index contributed by atoms with van der Waals surface area (Å²) in [5.41, 5.74) is 2.21. The van der Waals surface area contributed by atoms with Crippen molar-refractivity contribution >= 4 is 39.1 Å². The Morgan fingerprint density at radius 1 is 1.12 bits per heavy atom. The van der Waals surface area contributed by atoms with Gasteiger partial charge in [0.25, 0.3) is 0 Å². The van der Waals surface area contributed by atoms with Crippen LogP contribution in [0.15, 0.2) is 48.5 Å². The van der Waals surface area contributed by atoms with Gasteiger partial charge in [0.1, 0.15) is 12.6 Å². The van der Waals surface area contributed by atoms with E-state index in [0.717, 1.165) is 34.5 Å². The van der Waals surface area contributed by atoms with Gasteiger partial charge in [-0.15, -0.1) is 0 Å². The van der Waals surface area contributed by atoms with Crippen LogP contribution in [-0.2, 0) is 26.2 Å². The molecule has 2 aromatic rings. The van der Waals surface area contributed by atoms with Gasteiger partial charge in [-0.2, -0.15) is 0 Å². The van der Waals surface area contributed by atoms with Crippen molar-refractivity contribution in [1.82, 2.24) is 10.2 Å². The highest BCUT2D eigenvalue weighted by Gasteiger charge is 2.30. The number of unbranched alkanes of at least 4 members (excludes halogenated alkanes) is 1. The Hall–Kier alpha value is -2.58. The number of rotatable bonds is 11. The smallest absolute Gasteiger partial charge is 0.244 e. The third kappa shape index (κ3) is 8.05. The molecule has 33 heavy (non-hydrogen) atoms. The first-order chi connectivity index (χ1) is 15.5. The molecular formula is C24H32ClN3O4S. The number of aryl methyl sites for hydroxylation is 1. The number of benzene rings is 2. The summed E-state index contributed by atoms with van der Waals surface area (Å²) < 4.78 is 26.0. The van der Waals surface area contributed by atoms with Crippen molar-refractivity contribution in [2.45, 2.75) is 46.2 Å². The Kier molecular flexibility index (Phi) is 9.73. The van der Waals surface area contributed by atoms with E-state index in [2.05, 4.69) is 5.32 Å². The van der Waals surface area contributed by atoms with E-state index in [4.69, 9.17) is 11.6 Å². The largest absolute Gasteiger partial charge is 0.354 e. The lowest BCUT2D eigenvalue weighted by Crippen LogP contribution is -2.51. The van der Waals surface area contributed by atoms with E-state index in [1.807, 2.05) is 38.1 Å². The molecule has 0 fully saturated rings. The maximum absolute atomic E-state index is 13.4. The molecule has 2 amide bonds. The van der Waals surface area contributed by atoms with Gasteiger partial charge >= 0.3 is 0 Å². The van der Waals surface area contributed by atoms with Crippen LogP contribution < -0.4 is 9.62 Å². The number of carbonyl (C=O) groups is 2. The molecule has 0 aliphatic rings. The van der Waals surface area contributed by atoms with E-state index < -0.39 is 28.5 Å². The van der Waals surface area contributed by atoms with Gasteiger partial charge in [0.05, 0.1) is 11.9 Å². The minimum Gasteiger partial charge on any atom is -0.354 e. The van der Waals surface area contributed by atoms with Crippen LogP contribution in [0.2, 0.25) is 5.02 Å². The van der Waals surface area contributed by atoms with E-state index in [0.29, 0.717) is 17.3 Å². The average molecular weight is 494 g/mol. The summed E-state index contributed by atoms with van der Waals surface area (Å²) in [4.78, 5) is 27.6. The molecule has 7 nitrogen and oxygen atoms in total. The van der Waals surface area contributed by atoms with E-state index in [1.54, 1.807) is 31.2 Å². The molecule has 9 heteroatoms. The molecule has 180 valence electrons. The SMILES string of the molecule is CCCCNC(=O)[C@@H](C)N(Cc1cccc(C)c1)C(=O)CN(c1ccc(Cl)cc1)S(C)(=O)=O.